The second kappa shape index (κ2) is 7.06. The zero-order valence-corrected chi connectivity index (χ0v) is 12.3. The maximum Gasteiger partial charge on any atom is 0.0576 e. The van der Waals surface area contributed by atoms with Crippen molar-refractivity contribution in [3.8, 4) is 0 Å². The highest BCUT2D eigenvalue weighted by Gasteiger charge is 2.16. The summed E-state index contributed by atoms with van der Waals surface area (Å²) in [4.78, 5) is 0. The molecule has 0 spiro atoms. The van der Waals surface area contributed by atoms with E-state index in [9.17, 15) is 0 Å². The Hall–Kier alpha value is -0.860. The van der Waals surface area contributed by atoms with Gasteiger partial charge in [-0.15, -0.1) is 0 Å². The number of hydrogen-bond donors (Lipinski definition) is 1. The Labute approximate surface area is 117 Å². The van der Waals surface area contributed by atoms with Crippen molar-refractivity contribution >= 4 is 0 Å². The first-order valence-corrected chi connectivity index (χ1v) is 7.61. The molecule has 0 aromatic heterocycles. The Morgan fingerprint density at radius 2 is 2.00 bits per heavy atom. The van der Waals surface area contributed by atoms with Gasteiger partial charge in [-0.3, -0.25) is 0 Å². The molecule has 1 aliphatic rings. The van der Waals surface area contributed by atoms with Gasteiger partial charge in [-0.05, 0) is 49.1 Å². The maximum atomic E-state index is 6.23. The van der Waals surface area contributed by atoms with Gasteiger partial charge in [0, 0.05) is 12.6 Å². The number of hydrogen-bond acceptors (Lipinski definition) is 2. The van der Waals surface area contributed by atoms with Crippen molar-refractivity contribution in [1.82, 2.24) is 0 Å². The van der Waals surface area contributed by atoms with Gasteiger partial charge in [0.1, 0.15) is 0 Å². The van der Waals surface area contributed by atoms with Gasteiger partial charge in [0.05, 0.1) is 6.10 Å². The molecule has 0 saturated carbocycles. The molecule has 1 aromatic carbocycles. The predicted octanol–water partition coefficient (Wildman–Crippen LogP) is 3.64. The highest BCUT2D eigenvalue weighted by atomic mass is 16.5. The molecule has 106 valence electrons. The Morgan fingerprint density at radius 1 is 1.26 bits per heavy atom. The van der Waals surface area contributed by atoms with E-state index in [-0.39, 0.29) is 6.04 Å². The van der Waals surface area contributed by atoms with Crippen LogP contribution in [0.4, 0.5) is 0 Å². The summed E-state index contributed by atoms with van der Waals surface area (Å²) in [5.74, 6) is 0.599. The lowest BCUT2D eigenvalue weighted by Gasteiger charge is -2.15. The van der Waals surface area contributed by atoms with E-state index in [1.165, 1.54) is 24.0 Å². The molecule has 0 amide bonds. The van der Waals surface area contributed by atoms with Crippen molar-refractivity contribution in [2.75, 3.05) is 6.61 Å². The van der Waals surface area contributed by atoms with Crippen LogP contribution in [0.15, 0.2) is 24.3 Å². The quantitative estimate of drug-likeness (QED) is 0.848. The Kier molecular flexibility index (Phi) is 5.41. The van der Waals surface area contributed by atoms with Crippen molar-refractivity contribution < 1.29 is 4.74 Å². The van der Waals surface area contributed by atoms with E-state index in [1.807, 2.05) is 0 Å². The lowest BCUT2D eigenvalue weighted by Crippen LogP contribution is -2.24. The lowest BCUT2D eigenvalue weighted by molar-refractivity contribution is 0.101. The molecule has 2 rings (SSSR count). The first-order valence-electron chi connectivity index (χ1n) is 7.61. The number of ether oxygens (including phenoxy) is 1. The fraction of sp³-hybridized carbons (Fsp3) is 0.647. The van der Waals surface area contributed by atoms with Crippen LogP contribution in [0.25, 0.3) is 0 Å². The van der Waals surface area contributed by atoms with Crippen LogP contribution < -0.4 is 5.73 Å². The average molecular weight is 261 g/mol. The van der Waals surface area contributed by atoms with Gasteiger partial charge in [-0.1, -0.05) is 38.1 Å². The number of benzene rings is 1. The second-order valence-corrected chi connectivity index (χ2v) is 6.07. The van der Waals surface area contributed by atoms with E-state index in [0.29, 0.717) is 12.0 Å². The van der Waals surface area contributed by atoms with Crippen molar-refractivity contribution in [1.29, 1.82) is 0 Å². The third-order valence-electron chi connectivity index (χ3n) is 4.03. The molecule has 0 radical (unpaired) electrons. The van der Waals surface area contributed by atoms with E-state index in [1.54, 1.807) is 0 Å². The zero-order chi connectivity index (χ0) is 13.7. The van der Waals surface area contributed by atoms with Crippen molar-refractivity contribution in [2.45, 2.75) is 64.0 Å². The molecule has 2 nitrogen and oxygen atoms in total. The summed E-state index contributed by atoms with van der Waals surface area (Å²) in [5, 5.41) is 0. The Balaban J connectivity index is 1.76. The van der Waals surface area contributed by atoms with Crippen LogP contribution in [0.1, 0.15) is 56.6 Å². The Bertz CT molecular complexity index is 365. The minimum Gasteiger partial charge on any atom is -0.378 e. The van der Waals surface area contributed by atoms with Gasteiger partial charge in [-0.2, -0.15) is 0 Å². The van der Waals surface area contributed by atoms with Crippen LogP contribution in [-0.2, 0) is 11.2 Å². The van der Waals surface area contributed by atoms with E-state index in [4.69, 9.17) is 10.5 Å². The Morgan fingerprint density at radius 3 is 2.58 bits per heavy atom. The fourth-order valence-corrected chi connectivity index (χ4v) is 2.72. The molecule has 2 atom stereocenters. The molecule has 1 fully saturated rings. The molecule has 19 heavy (non-hydrogen) atoms. The van der Waals surface area contributed by atoms with Crippen molar-refractivity contribution in [3.05, 3.63) is 35.4 Å². The summed E-state index contributed by atoms with van der Waals surface area (Å²) in [7, 11) is 0. The molecule has 2 unspecified atom stereocenters. The number of nitrogens with two attached hydrogens (primary N) is 1. The summed E-state index contributed by atoms with van der Waals surface area (Å²) >= 11 is 0. The minimum absolute atomic E-state index is 0.258. The molecular formula is C17H27NO. The summed E-state index contributed by atoms with van der Waals surface area (Å²) in [6.07, 6.45) is 6.06. The second-order valence-electron chi connectivity index (χ2n) is 6.07. The molecule has 2 N–H and O–H groups in total. The van der Waals surface area contributed by atoms with E-state index in [0.717, 1.165) is 25.9 Å². The summed E-state index contributed by atoms with van der Waals surface area (Å²) in [5.41, 5.74) is 8.98. The van der Waals surface area contributed by atoms with Crippen molar-refractivity contribution in [2.24, 2.45) is 5.73 Å². The van der Waals surface area contributed by atoms with Gasteiger partial charge in [-0.25, -0.2) is 0 Å². The first kappa shape index (κ1) is 14.5. The minimum atomic E-state index is 0.258. The molecule has 0 bridgehead atoms. The average Bonchev–Trinajstić information content (AvgIpc) is 2.90. The molecule has 2 heteroatoms. The molecule has 1 heterocycles. The van der Waals surface area contributed by atoms with Gasteiger partial charge < -0.3 is 10.5 Å². The highest BCUT2D eigenvalue weighted by Crippen LogP contribution is 2.19. The normalized spacial score (nSPS) is 20.9. The van der Waals surface area contributed by atoms with Crippen LogP contribution in [0, 0.1) is 0 Å². The molecule has 1 aromatic rings. The zero-order valence-electron chi connectivity index (χ0n) is 12.3. The van der Waals surface area contributed by atoms with Crippen LogP contribution in [0.3, 0.4) is 0 Å². The van der Waals surface area contributed by atoms with Crippen LogP contribution >= 0.6 is 0 Å². The molecule has 1 saturated heterocycles. The van der Waals surface area contributed by atoms with Gasteiger partial charge in [0.2, 0.25) is 0 Å². The molecular weight excluding hydrogens is 234 g/mol. The molecule has 1 aliphatic heterocycles. The SMILES string of the molecule is CC(C)c1ccc(CC(N)CCC2CCCO2)cc1. The van der Waals surface area contributed by atoms with Gasteiger partial charge >= 0.3 is 0 Å². The number of rotatable bonds is 6. The van der Waals surface area contributed by atoms with Crippen LogP contribution in [0.2, 0.25) is 0 Å². The topological polar surface area (TPSA) is 35.2 Å². The van der Waals surface area contributed by atoms with Crippen LogP contribution in [0.5, 0.6) is 0 Å². The highest BCUT2D eigenvalue weighted by molar-refractivity contribution is 5.25. The predicted molar refractivity (Wildman–Crippen MR) is 80.4 cm³/mol. The van der Waals surface area contributed by atoms with E-state index >= 15 is 0 Å². The smallest absolute Gasteiger partial charge is 0.0576 e. The van der Waals surface area contributed by atoms with Gasteiger partial charge in [0.15, 0.2) is 0 Å². The standard InChI is InChI=1S/C17H27NO/c1-13(2)15-7-5-14(6-8-15)12-16(18)9-10-17-4-3-11-19-17/h5-8,13,16-17H,3-4,9-12,18H2,1-2H3. The summed E-state index contributed by atoms with van der Waals surface area (Å²) < 4.78 is 5.64. The first-order chi connectivity index (χ1) is 9.15. The maximum absolute atomic E-state index is 6.23. The summed E-state index contributed by atoms with van der Waals surface area (Å²) in [6.45, 7) is 5.39. The van der Waals surface area contributed by atoms with Crippen LogP contribution in [-0.4, -0.2) is 18.8 Å². The largest absolute Gasteiger partial charge is 0.378 e. The van der Waals surface area contributed by atoms with Gasteiger partial charge in [0.25, 0.3) is 0 Å². The summed E-state index contributed by atoms with van der Waals surface area (Å²) in [6, 6.07) is 9.16. The lowest BCUT2D eigenvalue weighted by atomic mass is 9.97. The van der Waals surface area contributed by atoms with Crippen molar-refractivity contribution in [3.63, 3.8) is 0 Å². The third kappa shape index (κ3) is 4.63. The van der Waals surface area contributed by atoms with E-state index in [2.05, 4.69) is 38.1 Å². The monoisotopic (exact) mass is 261 g/mol. The van der Waals surface area contributed by atoms with E-state index < -0.39 is 0 Å². The third-order valence-corrected chi connectivity index (χ3v) is 4.03. The molecule has 0 aliphatic carbocycles. The fourth-order valence-electron chi connectivity index (χ4n) is 2.72.